The van der Waals surface area contributed by atoms with Gasteiger partial charge < -0.3 is 10.3 Å². The van der Waals surface area contributed by atoms with E-state index in [0.717, 1.165) is 11.1 Å². The molecule has 0 amide bonds. The molecule has 1 aromatic carbocycles. The van der Waals surface area contributed by atoms with E-state index in [1.54, 1.807) is 6.07 Å². The first-order valence-electron chi connectivity index (χ1n) is 9.72. The molecule has 0 saturated heterocycles. The quantitative estimate of drug-likeness (QED) is 0.450. The smallest absolute Gasteiger partial charge is 0.263 e. The van der Waals surface area contributed by atoms with Crippen LogP contribution >= 0.6 is 0 Å². The van der Waals surface area contributed by atoms with Crippen LogP contribution in [0.4, 0.5) is 14.6 Å². The number of nitrogens with one attached hydrogen (secondary N) is 2. The molecule has 0 spiro atoms. The van der Waals surface area contributed by atoms with E-state index in [4.69, 9.17) is 0 Å². The standard InChI is InChI=1S/C23H17F2N5O/c24-16-6-7-17-10-15(19(23(31)30(17)12-16)14-4-2-1-3-5-14)8-9-26-21-20-18(25)11-27-22(20)29-13-28-21/h1-7,10-13H,8-9H2,(H2,26,27,28,29). The summed E-state index contributed by atoms with van der Waals surface area (Å²) in [5.41, 5.74) is 2.77. The van der Waals surface area contributed by atoms with Crippen LogP contribution in [-0.4, -0.2) is 25.9 Å². The van der Waals surface area contributed by atoms with Crippen molar-refractivity contribution in [1.82, 2.24) is 19.4 Å². The summed E-state index contributed by atoms with van der Waals surface area (Å²) in [5, 5.41) is 3.43. The minimum atomic E-state index is -0.482. The van der Waals surface area contributed by atoms with Crippen molar-refractivity contribution in [3.63, 3.8) is 0 Å². The summed E-state index contributed by atoms with van der Waals surface area (Å²) < 4.78 is 29.2. The molecule has 0 unspecified atom stereocenters. The van der Waals surface area contributed by atoms with Crippen LogP contribution in [0.25, 0.3) is 27.7 Å². The molecule has 8 heteroatoms. The molecule has 31 heavy (non-hydrogen) atoms. The number of hydrogen-bond acceptors (Lipinski definition) is 4. The van der Waals surface area contributed by atoms with Gasteiger partial charge in [-0.15, -0.1) is 0 Å². The number of aromatic nitrogens is 4. The predicted octanol–water partition coefficient (Wildman–Crippen LogP) is 4.17. The molecule has 5 aromatic rings. The molecule has 4 aromatic heterocycles. The lowest BCUT2D eigenvalue weighted by atomic mass is 9.98. The number of pyridine rings is 2. The highest BCUT2D eigenvalue weighted by molar-refractivity contribution is 5.87. The Kier molecular flexibility index (Phi) is 4.66. The Labute approximate surface area is 175 Å². The molecule has 5 rings (SSSR count). The molecule has 2 N–H and O–H groups in total. The van der Waals surface area contributed by atoms with Crippen molar-refractivity contribution in [1.29, 1.82) is 0 Å². The van der Waals surface area contributed by atoms with E-state index in [2.05, 4.69) is 20.3 Å². The predicted molar refractivity (Wildman–Crippen MR) is 115 cm³/mol. The monoisotopic (exact) mass is 417 g/mol. The van der Waals surface area contributed by atoms with Gasteiger partial charge >= 0.3 is 0 Å². The minimum absolute atomic E-state index is 0.292. The van der Waals surface area contributed by atoms with Crippen LogP contribution in [0.1, 0.15) is 5.56 Å². The number of halogens is 2. The van der Waals surface area contributed by atoms with Gasteiger partial charge in [-0.2, -0.15) is 0 Å². The fraction of sp³-hybridized carbons (Fsp3) is 0.0870. The van der Waals surface area contributed by atoms with E-state index in [1.807, 2.05) is 36.4 Å². The maximum Gasteiger partial charge on any atom is 0.263 e. The Morgan fingerprint density at radius 2 is 1.90 bits per heavy atom. The molecule has 0 aliphatic rings. The maximum absolute atomic E-state index is 14.1. The number of hydrogen-bond donors (Lipinski definition) is 2. The first-order valence-corrected chi connectivity index (χ1v) is 9.72. The molecule has 0 aliphatic carbocycles. The van der Waals surface area contributed by atoms with Gasteiger partial charge in [-0.3, -0.25) is 9.20 Å². The first kappa shape index (κ1) is 18.9. The third-order valence-corrected chi connectivity index (χ3v) is 5.19. The molecular formula is C23H17F2N5O. The molecule has 6 nitrogen and oxygen atoms in total. The van der Waals surface area contributed by atoms with Crippen LogP contribution in [-0.2, 0) is 6.42 Å². The van der Waals surface area contributed by atoms with Crippen molar-refractivity contribution in [3.05, 3.63) is 94.8 Å². The van der Waals surface area contributed by atoms with Gasteiger partial charge in [0.2, 0.25) is 0 Å². The highest BCUT2D eigenvalue weighted by Crippen LogP contribution is 2.24. The van der Waals surface area contributed by atoms with Crippen LogP contribution in [0.5, 0.6) is 0 Å². The van der Waals surface area contributed by atoms with Crippen molar-refractivity contribution in [2.75, 3.05) is 11.9 Å². The topological polar surface area (TPSA) is 75.1 Å². The second-order valence-electron chi connectivity index (χ2n) is 7.12. The maximum atomic E-state index is 14.1. The SMILES string of the molecule is O=c1c(-c2ccccc2)c(CCNc2ncnc3[nH]cc(F)c23)cc2ccc(F)cn12. The van der Waals surface area contributed by atoms with Crippen molar-refractivity contribution < 1.29 is 8.78 Å². The Hall–Kier alpha value is -4.07. The molecule has 0 radical (unpaired) electrons. The average Bonchev–Trinajstić information content (AvgIpc) is 3.17. The van der Waals surface area contributed by atoms with Gasteiger partial charge in [0.15, 0.2) is 5.82 Å². The summed E-state index contributed by atoms with van der Waals surface area (Å²) in [5.74, 6) is -0.539. The van der Waals surface area contributed by atoms with E-state index < -0.39 is 11.6 Å². The highest BCUT2D eigenvalue weighted by Gasteiger charge is 2.15. The molecule has 4 heterocycles. The van der Waals surface area contributed by atoms with Gasteiger partial charge in [0.1, 0.15) is 23.6 Å². The van der Waals surface area contributed by atoms with Crippen molar-refractivity contribution in [3.8, 4) is 11.1 Å². The van der Waals surface area contributed by atoms with Gasteiger partial charge in [-0.05, 0) is 35.7 Å². The summed E-state index contributed by atoms with van der Waals surface area (Å²) in [6.45, 7) is 0.410. The molecule has 0 atom stereocenters. The molecule has 0 fully saturated rings. The largest absolute Gasteiger partial charge is 0.369 e. The van der Waals surface area contributed by atoms with Crippen LogP contribution < -0.4 is 10.9 Å². The van der Waals surface area contributed by atoms with E-state index in [-0.39, 0.29) is 5.56 Å². The number of fused-ring (bicyclic) bond motifs is 2. The molecule has 0 saturated carbocycles. The zero-order chi connectivity index (χ0) is 21.4. The second kappa shape index (κ2) is 7.64. The van der Waals surface area contributed by atoms with Crippen molar-refractivity contribution >= 4 is 22.4 Å². The molecule has 154 valence electrons. The van der Waals surface area contributed by atoms with E-state index >= 15 is 0 Å². The lowest BCUT2D eigenvalue weighted by Crippen LogP contribution is -2.19. The van der Waals surface area contributed by atoms with E-state index in [0.29, 0.717) is 40.9 Å². The Bertz CT molecular complexity index is 1460. The van der Waals surface area contributed by atoms with Crippen LogP contribution in [0.15, 0.2) is 72.0 Å². The number of aromatic amines is 1. The van der Waals surface area contributed by atoms with Crippen LogP contribution in [0, 0.1) is 11.6 Å². The number of anilines is 1. The third-order valence-electron chi connectivity index (χ3n) is 5.19. The van der Waals surface area contributed by atoms with Gasteiger partial charge in [0, 0.05) is 24.5 Å². The van der Waals surface area contributed by atoms with Crippen molar-refractivity contribution in [2.24, 2.45) is 0 Å². The summed E-state index contributed by atoms with van der Waals surface area (Å²) in [7, 11) is 0. The molecular weight excluding hydrogens is 400 g/mol. The summed E-state index contributed by atoms with van der Waals surface area (Å²) in [6, 6.07) is 14.0. The fourth-order valence-corrected chi connectivity index (χ4v) is 3.77. The van der Waals surface area contributed by atoms with Gasteiger partial charge in [-0.1, -0.05) is 30.3 Å². The fourth-order valence-electron chi connectivity index (χ4n) is 3.77. The highest BCUT2D eigenvalue weighted by atomic mass is 19.1. The summed E-state index contributed by atoms with van der Waals surface area (Å²) in [4.78, 5) is 24.1. The average molecular weight is 417 g/mol. The zero-order valence-electron chi connectivity index (χ0n) is 16.3. The van der Waals surface area contributed by atoms with Crippen LogP contribution in [0.2, 0.25) is 0 Å². The summed E-state index contributed by atoms with van der Waals surface area (Å²) >= 11 is 0. The number of rotatable bonds is 5. The number of H-pyrrole nitrogens is 1. The first-order chi connectivity index (χ1) is 15.1. The van der Waals surface area contributed by atoms with Gasteiger partial charge in [-0.25, -0.2) is 18.7 Å². The minimum Gasteiger partial charge on any atom is -0.369 e. The van der Waals surface area contributed by atoms with Crippen molar-refractivity contribution in [2.45, 2.75) is 6.42 Å². The second-order valence-corrected chi connectivity index (χ2v) is 7.12. The molecule has 0 bridgehead atoms. The lowest BCUT2D eigenvalue weighted by Gasteiger charge is -2.13. The Morgan fingerprint density at radius 1 is 1.06 bits per heavy atom. The molecule has 0 aliphatic heterocycles. The number of benzene rings is 1. The Morgan fingerprint density at radius 3 is 2.74 bits per heavy atom. The normalized spacial score (nSPS) is 11.3. The van der Waals surface area contributed by atoms with E-state index in [9.17, 15) is 13.6 Å². The van der Waals surface area contributed by atoms with Gasteiger partial charge in [0.05, 0.1) is 10.9 Å². The number of nitrogens with zero attached hydrogens (tertiary/aromatic N) is 3. The van der Waals surface area contributed by atoms with Crippen LogP contribution in [0.3, 0.4) is 0 Å². The lowest BCUT2D eigenvalue weighted by molar-refractivity contribution is 0.618. The third kappa shape index (κ3) is 3.42. The zero-order valence-corrected chi connectivity index (χ0v) is 16.3. The summed E-state index contributed by atoms with van der Waals surface area (Å²) in [6.07, 6.45) is 4.26. The Balaban J connectivity index is 1.53. The van der Waals surface area contributed by atoms with E-state index in [1.165, 1.54) is 29.2 Å². The van der Waals surface area contributed by atoms with Gasteiger partial charge in [0.25, 0.3) is 5.56 Å².